The summed E-state index contributed by atoms with van der Waals surface area (Å²) in [6.45, 7) is 4.06. The Labute approximate surface area is 128 Å². The molecule has 3 rings (SSSR count). The van der Waals surface area contributed by atoms with Gasteiger partial charge >= 0.3 is 6.09 Å². The highest BCUT2D eigenvalue weighted by atomic mass is 32.2. The van der Waals surface area contributed by atoms with Crippen molar-refractivity contribution in [1.29, 1.82) is 0 Å². The van der Waals surface area contributed by atoms with Crippen LogP contribution in [0.25, 0.3) is 0 Å². The van der Waals surface area contributed by atoms with E-state index in [1.165, 1.54) is 4.90 Å². The monoisotopic (exact) mass is 303 g/mol. The number of amides is 2. The number of nitrogens with zero attached hydrogens (tertiary/aromatic N) is 1. The molecule has 2 aliphatic heterocycles. The van der Waals surface area contributed by atoms with E-state index < -0.39 is 6.09 Å². The quantitative estimate of drug-likeness (QED) is 0.802. The van der Waals surface area contributed by atoms with Gasteiger partial charge in [-0.05, 0) is 5.56 Å². The van der Waals surface area contributed by atoms with E-state index in [4.69, 9.17) is 4.74 Å². The Morgan fingerprint density at radius 1 is 1.43 bits per heavy atom. The summed E-state index contributed by atoms with van der Waals surface area (Å²) in [5, 5.41) is 0. The molecule has 0 spiro atoms. The molecule has 0 saturated carbocycles. The first-order valence-corrected chi connectivity index (χ1v) is 8.06. The van der Waals surface area contributed by atoms with Gasteiger partial charge in [-0.25, -0.2) is 9.69 Å². The normalized spacial score (nSPS) is 23.3. The maximum Gasteiger partial charge on any atom is 0.417 e. The Kier molecular flexibility index (Phi) is 3.76. The molecule has 1 unspecified atom stereocenters. The number of hydrogen-bond donors (Lipinski definition) is 0. The molecule has 0 bridgehead atoms. The first-order chi connectivity index (χ1) is 10.2. The van der Waals surface area contributed by atoms with Crippen molar-refractivity contribution in [3.8, 4) is 0 Å². The number of carbonyl (C=O) groups excluding carboxylic acids is 2. The van der Waals surface area contributed by atoms with Crippen LogP contribution in [0.1, 0.15) is 18.0 Å². The van der Waals surface area contributed by atoms with E-state index in [-0.39, 0.29) is 24.0 Å². The van der Waals surface area contributed by atoms with Gasteiger partial charge in [0.1, 0.15) is 12.6 Å². The second kappa shape index (κ2) is 5.56. The molecule has 1 atom stereocenters. The third kappa shape index (κ3) is 2.58. The molecule has 1 aromatic carbocycles. The Bertz CT molecular complexity index is 568. The van der Waals surface area contributed by atoms with Crippen LogP contribution in [0.3, 0.4) is 0 Å². The van der Waals surface area contributed by atoms with Gasteiger partial charge in [0, 0.05) is 23.3 Å². The summed E-state index contributed by atoms with van der Waals surface area (Å²) in [6.07, 6.45) is 1.63. The molecule has 2 aliphatic rings. The number of hydrogen-bond acceptors (Lipinski definition) is 4. The Morgan fingerprint density at radius 3 is 2.71 bits per heavy atom. The van der Waals surface area contributed by atoms with Gasteiger partial charge in [-0.15, -0.1) is 6.58 Å². The highest BCUT2D eigenvalue weighted by Gasteiger charge is 2.44. The Balaban J connectivity index is 1.79. The van der Waals surface area contributed by atoms with Crippen molar-refractivity contribution in [2.24, 2.45) is 5.41 Å². The number of thioether (sulfide) groups is 1. The van der Waals surface area contributed by atoms with Gasteiger partial charge in [0.25, 0.3) is 0 Å². The van der Waals surface area contributed by atoms with Gasteiger partial charge < -0.3 is 4.74 Å². The zero-order valence-corrected chi connectivity index (χ0v) is 12.5. The minimum absolute atomic E-state index is 0.161. The number of allylic oxidation sites excluding steroid dienone is 1. The molecule has 0 aromatic heterocycles. The highest BCUT2D eigenvalue weighted by molar-refractivity contribution is 8.00. The third-order valence-electron chi connectivity index (χ3n) is 4.04. The number of rotatable bonds is 4. The smallest absolute Gasteiger partial charge is 0.417 e. The lowest BCUT2D eigenvalue weighted by atomic mass is 9.87. The van der Waals surface area contributed by atoms with Crippen LogP contribution < -0.4 is 0 Å². The molecule has 0 N–H and O–H groups in total. The summed E-state index contributed by atoms with van der Waals surface area (Å²) in [4.78, 5) is 25.8. The lowest BCUT2D eigenvalue weighted by molar-refractivity contribution is -0.130. The average molecular weight is 303 g/mol. The summed E-state index contributed by atoms with van der Waals surface area (Å²) < 4.78 is 5.09. The predicted molar refractivity (Wildman–Crippen MR) is 81.9 cm³/mol. The van der Waals surface area contributed by atoms with E-state index in [1.807, 2.05) is 36.4 Å². The van der Waals surface area contributed by atoms with Gasteiger partial charge in [-0.1, -0.05) is 36.4 Å². The van der Waals surface area contributed by atoms with Crippen LogP contribution in [0.4, 0.5) is 4.79 Å². The van der Waals surface area contributed by atoms with Gasteiger partial charge in [0.05, 0.1) is 0 Å². The van der Waals surface area contributed by atoms with E-state index >= 15 is 0 Å². The number of cyclic esters (lactones) is 1. The second-order valence-corrected chi connectivity index (χ2v) is 6.49. The first kappa shape index (κ1) is 14.2. The molecule has 2 fully saturated rings. The Morgan fingerprint density at radius 2 is 2.14 bits per heavy atom. The van der Waals surface area contributed by atoms with E-state index in [0.717, 1.165) is 17.1 Å². The number of ether oxygens (including phenoxy) is 1. The molecule has 5 heteroatoms. The Hall–Kier alpha value is -1.75. The summed E-state index contributed by atoms with van der Waals surface area (Å²) in [5.41, 5.74) is 0.763. The van der Waals surface area contributed by atoms with Gasteiger partial charge in [0.15, 0.2) is 0 Å². The molecule has 0 aliphatic carbocycles. The summed E-state index contributed by atoms with van der Waals surface area (Å²) in [7, 11) is 0. The highest BCUT2D eigenvalue weighted by Crippen LogP contribution is 2.43. The molecular weight excluding hydrogens is 286 g/mol. The molecule has 2 heterocycles. The fraction of sp³-hybridized carbons (Fsp3) is 0.375. The van der Waals surface area contributed by atoms with Gasteiger partial charge in [-0.2, -0.15) is 11.8 Å². The molecule has 4 nitrogen and oxygen atoms in total. The van der Waals surface area contributed by atoms with Crippen LogP contribution in [-0.4, -0.2) is 35.0 Å². The zero-order chi connectivity index (χ0) is 14.9. The van der Waals surface area contributed by atoms with Crippen molar-refractivity contribution >= 4 is 23.8 Å². The van der Waals surface area contributed by atoms with Crippen LogP contribution in [0.15, 0.2) is 43.0 Å². The van der Waals surface area contributed by atoms with Crippen molar-refractivity contribution in [2.45, 2.75) is 12.5 Å². The summed E-state index contributed by atoms with van der Waals surface area (Å²) in [6, 6.07) is 9.21. The number of benzene rings is 1. The largest absolute Gasteiger partial charge is 0.446 e. The molecule has 110 valence electrons. The fourth-order valence-electron chi connectivity index (χ4n) is 2.66. The van der Waals surface area contributed by atoms with Crippen LogP contribution >= 0.6 is 11.8 Å². The van der Waals surface area contributed by atoms with Crippen molar-refractivity contribution in [3.63, 3.8) is 0 Å². The maximum absolute atomic E-state index is 12.6. The van der Waals surface area contributed by atoms with Crippen LogP contribution in [0.5, 0.6) is 0 Å². The molecular formula is C16H17NO3S. The maximum atomic E-state index is 12.6. The molecule has 0 radical (unpaired) electrons. The van der Waals surface area contributed by atoms with Crippen molar-refractivity contribution in [3.05, 3.63) is 48.6 Å². The van der Waals surface area contributed by atoms with E-state index in [0.29, 0.717) is 6.42 Å². The first-order valence-electron chi connectivity index (χ1n) is 6.90. The van der Waals surface area contributed by atoms with Crippen molar-refractivity contribution in [1.82, 2.24) is 4.90 Å². The van der Waals surface area contributed by atoms with Crippen LogP contribution in [0.2, 0.25) is 0 Å². The minimum atomic E-state index is -0.542. The van der Waals surface area contributed by atoms with Crippen LogP contribution in [0, 0.1) is 5.41 Å². The predicted octanol–water partition coefficient (Wildman–Crippen LogP) is 3.02. The topological polar surface area (TPSA) is 46.6 Å². The SMILES string of the molecule is C=CC1(CC(=O)N2C(=O)OCC2c2ccccc2)CSC1. The van der Waals surface area contributed by atoms with Crippen LogP contribution in [-0.2, 0) is 9.53 Å². The van der Waals surface area contributed by atoms with Crippen molar-refractivity contribution < 1.29 is 14.3 Å². The van der Waals surface area contributed by atoms with Gasteiger partial charge in [-0.3, -0.25) is 4.79 Å². The molecule has 21 heavy (non-hydrogen) atoms. The number of imide groups is 1. The van der Waals surface area contributed by atoms with E-state index in [1.54, 1.807) is 11.8 Å². The number of carbonyl (C=O) groups is 2. The average Bonchev–Trinajstić information content (AvgIpc) is 2.85. The summed E-state index contributed by atoms with van der Waals surface area (Å²) >= 11 is 1.79. The summed E-state index contributed by atoms with van der Waals surface area (Å²) in [5.74, 6) is 1.61. The minimum Gasteiger partial charge on any atom is -0.446 e. The van der Waals surface area contributed by atoms with E-state index in [9.17, 15) is 9.59 Å². The fourth-order valence-corrected chi connectivity index (χ4v) is 3.83. The lowest BCUT2D eigenvalue weighted by Gasteiger charge is -2.38. The van der Waals surface area contributed by atoms with Crippen molar-refractivity contribution in [2.75, 3.05) is 18.1 Å². The standard InChI is InChI=1S/C16H17NO3S/c1-2-16(10-21-11-16)8-14(18)17-13(9-20-15(17)19)12-6-4-3-5-7-12/h2-7,13H,1,8-11H2. The lowest BCUT2D eigenvalue weighted by Crippen LogP contribution is -2.42. The second-order valence-electron chi connectivity index (χ2n) is 5.50. The van der Waals surface area contributed by atoms with Gasteiger partial charge in [0.2, 0.25) is 5.91 Å². The molecule has 2 amide bonds. The molecule has 2 saturated heterocycles. The van der Waals surface area contributed by atoms with E-state index in [2.05, 4.69) is 6.58 Å². The zero-order valence-electron chi connectivity index (χ0n) is 11.7. The third-order valence-corrected chi connectivity index (χ3v) is 5.60. The molecule has 1 aromatic rings.